The highest BCUT2D eigenvalue weighted by atomic mass is 19.4. The second-order valence-electron chi connectivity index (χ2n) is 4.47. The van der Waals surface area contributed by atoms with Gasteiger partial charge < -0.3 is 5.32 Å². The summed E-state index contributed by atoms with van der Waals surface area (Å²) >= 11 is 0. The minimum absolute atomic E-state index is 0.102. The summed E-state index contributed by atoms with van der Waals surface area (Å²) in [5, 5.41) is 5.45. The van der Waals surface area contributed by atoms with E-state index >= 15 is 0 Å². The molecule has 1 amide bonds. The molecule has 0 aliphatic heterocycles. The first-order valence-corrected chi connectivity index (χ1v) is 5.87. The van der Waals surface area contributed by atoms with Crippen LogP contribution in [-0.4, -0.2) is 15.7 Å². The van der Waals surface area contributed by atoms with E-state index < -0.39 is 23.6 Å². The van der Waals surface area contributed by atoms with Crippen LogP contribution in [0, 0.1) is 12.7 Å². The molecule has 0 aliphatic rings. The number of alkyl halides is 3. The molecule has 21 heavy (non-hydrogen) atoms. The lowest BCUT2D eigenvalue weighted by Crippen LogP contribution is -2.16. The second kappa shape index (κ2) is 5.19. The average molecular weight is 301 g/mol. The summed E-state index contributed by atoms with van der Waals surface area (Å²) in [7, 11) is 1.21. The Morgan fingerprint density at radius 2 is 1.95 bits per heavy atom. The fraction of sp³-hybridized carbons (Fsp3) is 0.231. The fourth-order valence-corrected chi connectivity index (χ4v) is 1.74. The number of carbonyl (C=O) groups is 1. The molecule has 112 valence electrons. The molecule has 0 radical (unpaired) electrons. The van der Waals surface area contributed by atoms with E-state index in [2.05, 4.69) is 10.4 Å². The molecule has 0 fully saturated rings. The molecule has 0 saturated carbocycles. The van der Waals surface area contributed by atoms with E-state index in [4.69, 9.17) is 0 Å². The molecule has 1 aromatic heterocycles. The fourth-order valence-electron chi connectivity index (χ4n) is 1.74. The van der Waals surface area contributed by atoms with Gasteiger partial charge in [0.1, 0.15) is 11.5 Å². The van der Waals surface area contributed by atoms with E-state index in [1.165, 1.54) is 19.2 Å². The van der Waals surface area contributed by atoms with Crippen molar-refractivity contribution in [2.75, 3.05) is 5.32 Å². The molecular formula is C13H11F4N3O. The molecule has 2 aromatic rings. The molecule has 0 aliphatic carbocycles. The lowest BCUT2D eigenvalue weighted by atomic mass is 10.2. The normalized spacial score (nSPS) is 11.5. The van der Waals surface area contributed by atoms with Gasteiger partial charge >= 0.3 is 6.18 Å². The van der Waals surface area contributed by atoms with E-state index in [0.29, 0.717) is 11.6 Å². The van der Waals surface area contributed by atoms with Gasteiger partial charge in [0.25, 0.3) is 5.91 Å². The number of halogens is 4. The van der Waals surface area contributed by atoms with Gasteiger partial charge in [0.2, 0.25) is 0 Å². The number of carbonyl (C=O) groups excluding carboxylic acids is 1. The van der Waals surface area contributed by atoms with Crippen LogP contribution >= 0.6 is 0 Å². The van der Waals surface area contributed by atoms with E-state index in [1.54, 1.807) is 6.92 Å². The SMILES string of the molecule is Cc1ccc(F)c(NC(=O)c2cc(C(F)(F)F)nn2C)c1. The summed E-state index contributed by atoms with van der Waals surface area (Å²) in [4.78, 5) is 11.9. The van der Waals surface area contributed by atoms with Crippen molar-refractivity contribution in [3.05, 3.63) is 47.0 Å². The first-order chi connectivity index (χ1) is 9.68. The van der Waals surface area contributed by atoms with Crippen LogP contribution in [0.15, 0.2) is 24.3 Å². The zero-order chi connectivity index (χ0) is 15.8. The van der Waals surface area contributed by atoms with Crippen molar-refractivity contribution in [1.29, 1.82) is 0 Å². The van der Waals surface area contributed by atoms with Gasteiger partial charge in [-0.1, -0.05) is 6.07 Å². The van der Waals surface area contributed by atoms with Gasteiger partial charge in [-0.3, -0.25) is 9.48 Å². The van der Waals surface area contributed by atoms with Gasteiger partial charge in [-0.15, -0.1) is 0 Å². The van der Waals surface area contributed by atoms with Crippen molar-refractivity contribution >= 4 is 11.6 Å². The summed E-state index contributed by atoms with van der Waals surface area (Å²) in [6.07, 6.45) is -4.65. The monoisotopic (exact) mass is 301 g/mol. The summed E-state index contributed by atoms with van der Waals surface area (Å²) in [5.41, 5.74) is -0.898. The molecule has 8 heteroatoms. The first-order valence-electron chi connectivity index (χ1n) is 5.87. The van der Waals surface area contributed by atoms with Gasteiger partial charge in [0.15, 0.2) is 5.69 Å². The van der Waals surface area contributed by atoms with Crippen LogP contribution in [0.1, 0.15) is 21.7 Å². The van der Waals surface area contributed by atoms with Crippen molar-refractivity contribution in [1.82, 2.24) is 9.78 Å². The maximum absolute atomic E-state index is 13.5. The standard InChI is InChI=1S/C13H11F4N3O/c1-7-3-4-8(14)9(5-7)18-12(21)10-6-11(13(15,16)17)19-20(10)2/h3-6H,1-2H3,(H,18,21). The topological polar surface area (TPSA) is 46.9 Å². The van der Waals surface area contributed by atoms with Crippen molar-refractivity contribution in [2.24, 2.45) is 7.05 Å². The Morgan fingerprint density at radius 1 is 1.29 bits per heavy atom. The summed E-state index contributed by atoms with van der Waals surface area (Å²) < 4.78 is 51.9. The Bertz CT molecular complexity index is 691. The minimum atomic E-state index is -4.65. The molecule has 2 rings (SSSR count). The van der Waals surface area contributed by atoms with Crippen LogP contribution in [0.25, 0.3) is 0 Å². The number of hydrogen-bond donors (Lipinski definition) is 1. The molecule has 0 bridgehead atoms. The molecule has 4 nitrogen and oxygen atoms in total. The number of hydrogen-bond acceptors (Lipinski definition) is 2. The largest absolute Gasteiger partial charge is 0.435 e. The third-order valence-electron chi connectivity index (χ3n) is 2.77. The Morgan fingerprint density at radius 3 is 2.52 bits per heavy atom. The van der Waals surface area contributed by atoms with Crippen LogP contribution in [0.3, 0.4) is 0 Å². The lowest BCUT2D eigenvalue weighted by Gasteiger charge is -2.07. The van der Waals surface area contributed by atoms with Gasteiger partial charge in [-0.05, 0) is 24.6 Å². The van der Waals surface area contributed by atoms with E-state index in [-0.39, 0.29) is 11.4 Å². The third-order valence-corrected chi connectivity index (χ3v) is 2.77. The highest BCUT2D eigenvalue weighted by molar-refractivity contribution is 6.03. The Labute approximate surface area is 117 Å². The summed E-state index contributed by atoms with van der Waals surface area (Å²) in [5.74, 6) is -1.54. The predicted molar refractivity (Wildman–Crippen MR) is 67.3 cm³/mol. The van der Waals surface area contributed by atoms with Crippen LogP contribution < -0.4 is 5.32 Å². The molecule has 0 atom stereocenters. The number of benzene rings is 1. The second-order valence-corrected chi connectivity index (χ2v) is 4.47. The Kier molecular flexibility index (Phi) is 3.71. The molecule has 1 aromatic carbocycles. The van der Waals surface area contributed by atoms with E-state index in [1.807, 2.05) is 0 Å². The first kappa shape index (κ1) is 15.0. The molecule has 0 spiro atoms. The van der Waals surface area contributed by atoms with Gasteiger partial charge in [-0.25, -0.2) is 4.39 Å². The maximum atomic E-state index is 13.5. The van der Waals surface area contributed by atoms with Crippen molar-refractivity contribution in [2.45, 2.75) is 13.1 Å². The Hall–Kier alpha value is -2.38. The highest BCUT2D eigenvalue weighted by Gasteiger charge is 2.35. The Balaban J connectivity index is 2.29. The number of nitrogens with one attached hydrogen (secondary N) is 1. The van der Waals surface area contributed by atoms with Gasteiger partial charge in [0, 0.05) is 13.1 Å². The van der Waals surface area contributed by atoms with Crippen molar-refractivity contribution in [3.8, 4) is 0 Å². The summed E-state index contributed by atoms with van der Waals surface area (Å²) in [6, 6.07) is 4.67. The van der Waals surface area contributed by atoms with E-state index in [9.17, 15) is 22.4 Å². The number of aromatic nitrogens is 2. The zero-order valence-electron chi connectivity index (χ0n) is 11.1. The zero-order valence-corrected chi connectivity index (χ0v) is 11.1. The van der Waals surface area contributed by atoms with Crippen LogP contribution in [-0.2, 0) is 13.2 Å². The van der Waals surface area contributed by atoms with Gasteiger partial charge in [0.05, 0.1) is 5.69 Å². The molecule has 0 unspecified atom stereocenters. The highest BCUT2D eigenvalue weighted by Crippen LogP contribution is 2.28. The number of amides is 1. The minimum Gasteiger partial charge on any atom is -0.318 e. The molecular weight excluding hydrogens is 290 g/mol. The number of rotatable bonds is 2. The number of anilines is 1. The quantitative estimate of drug-likeness (QED) is 0.866. The molecule has 1 heterocycles. The van der Waals surface area contributed by atoms with Crippen LogP contribution in [0.2, 0.25) is 0 Å². The van der Waals surface area contributed by atoms with Crippen LogP contribution in [0.4, 0.5) is 23.2 Å². The maximum Gasteiger partial charge on any atom is 0.435 e. The number of aryl methyl sites for hydroxylation is 2. The van der Waals surface area contributed by atoms with E-state index in [0.717, 1.165) is 10.7 Å². The number of nitrogens with zero attached hydrogens (tertiary/aromatic N) is 2. The molecule has 1 N–H and O–H groups in total. The van der Waals surface area contributed by atoms with Crippen molar-refractivity contribution < 1.29 is 22.4 Å². The average Bonchev–Trinajstić information content (AvgIpc) is 2.76. The third kappa shape index (κ3) is 3.21. The summed E-state index contributed by atoms with van der Waals surface area (Å²) in [6.45, 7) is 1.70. The van der Waals surface area contributed by atoms with Crippen LogP contribution in [0.5, 0.6) is 0 Å². The smallest absolute Gasteiger partial charge is 0.318 e. The van der Waals surface area contributed by atoms with Crippen molar-refractivity contribution in [3.63, 3.8) is 0 Å². The predicted octanol–water partition coefficient (Wildman–Crippen LogP) is 3.14. The lowest BCUT2D eigenvalue weighted by molar-refractivity contribution is -0.141. The van der Waals surface area contributed by atoms with Gasteiger partial charge in [-0.2, -0.15) is 18.3 Å². The molecule has 0 saturated heterocycles.